The number of rotatable bonds is 3. The maximum absolute atomic E-state index is 12.0. The van der Waals surface area contributed by atoms with Crippen molar-refractivity contribution in [2.45, 2.75) is 0 Å². The molecule has 0 radical (unpaired) electrons. The molecule has 7 heteroatoms. The number of thiazole rings is 1. The van der Waals surface area contributed by atoms with Gasteiger partial charge in [0.2, 0.25) is 0 Å². The van der Waals surface area contributed by atoms with Crippen molar-refractivity contribution in [2.24, 2.45) is 7.05 Å². The molecule has 0 aromatic carbocycles. The van der Waals surface area contributed by atoms with E-state index in [1.807, 2.05) is 17.5 Å². The molecule has 3 aromatic rings. The van der Waals surface area contributed by atoms with Crippen LogP contribution in [0.3, 0.4) is 0 Å². The second-order valence-corrected chi connectivity index (χ2v) is 5.65. The second-order valence-electron chi connectivity index (χ2n) is 3.84. The molecule has 19 heavy (non-hydrogen) atoms. The molecule has 0 spiro atoms. The summed E-state index contributed by atoms with van der Waals surface area (Å²) >= 11 is 3.07. The fourth-order valence-electron chi connectivity index (χ4n) is 1.55. The van der Waals surface area contributed by atoms with Crippen LogP contribution in [0.15, 0.2) is 35.2 Å². The van der Waals surface area contributed by atoms with Crippen molar-refractivity contribution in [3.05, 3.63) is 40.8 Å². The number of hydrogen-bond acceptors (Lipinski definition) is 5. The van der Waals surface area contributed by atoms with Crippen LogP contribution in [-0.2, 0) is 7.05 Å². The summed E-state index contributed by atoms with van der Waals surface area (Å²) in [6, 6.07) is 5.70. The van der Waals surface area contributed by atoms with E-state index >= 15 is 0 Å². The topological polar surface area (TPSA) is 59.8 Å². The van der Waals surface area contributed by atoms with Crippen LogP contribution in [0.2, 0.25) is 0 Å². The smallest absolute Gasteiger partial charge is 0.276 e. The highest BCUT2D eigenvalue weighted by atomic mass is 32.1. The number of nitrogens with one attached hydrogen (secondary N) is 1. The maximum atomic E-state index is 12.0. The summed E-state index contributed by atoms with van der Waals surface area (Å²) in [7, 11) is 1.80. The number of anilines is 1. The van der Waals surface area contributed by atoms with E-state index in [1.165, 1.54) is 11.3 Å². The summed E-state index contributed by atoms with van der Waals surface area (Å²) in [6.07, 6.45) is 1.77. The second kappa shape index (κ2) is 4.94. The standard InChI is InChI=1S/C12H10N4OS2/c1-16-5-4-10(15-16)14-11(17)8-7-19-12(13-8)9-3-2-6-18-9/h2-7H,1H3,(H,14,15,17). The van der Waals surface area contributed by atoms with E-state index in [2.05, 4.69) is 15.4 Å². The number of carbonyl (C=O) groups is 1. The molecule has 96 valence electrons. The third kappa shape index (κ3) is 2.56. The Balaban J connectivity index is 1.77. The fraction of sp³-hybridized carbons (Fsp3) is 0.0833. The van der Waals surface area contributed by atoms with Crippen molar-refractivity contribution >= 4 is 34.4 Å². The van der Waals surface area contributed by atoms with Gasteiger partial charge in [-0.1, -0.05) is 6.07 Å². The zero-order valence-electron chi connectivity index (χ0n) is 10.0. The van der Waals surface area contributed by atoms with Crippen LogP contribution in [0.1, 0.15) is 10.5 Å². The van der Waals surface area contributed by atoms with E-state index in [4.69, 9.17) is 0 Å². The molecule has 1 amide bonds. The number of aryl methyl sites for hydroxylation is 1. The third-order valence-corrected chi connectivity index (χ3v) is 4.31. The normalized spacial score (nSPS) is 10.6. The predicted octanol–water partition coefficient (Wildman–Crippen LogP) is 2.86. The van der Waals surface area contributed by atoms with Crippen LogP contribution in [0.4, 0.5) is 5.82 Å². The van der Waals surface area contributed by atoms with Crippen molar-refractivity contribution in [1.82, 2.24) is 14.8 Å². The van der Waals surface area contributed by atoms with Crippen molar-refractivity contribution in [2.75, 3.05) is 5.32 Å². The first-order chi connectivity index (χ1) is 9.22. The minimum atomic E-state index is -0.238. The zero-order valence-corrected chi connectivity index (χ0v) is 11.7. The van der Waals surface area contributed by atoms with Gasteiger partial charge >= 0.3 is 0 Å². The van der Waals surface area contributed by atoms with Crippen molar-refractivity contribution < 1.29 is 4.79 Å². The zero-order chi connectivity index (χ0) is 13.2. The highest BCUT2D eigenvalue weighted by molar-refractivity contribution is 7.20. The molecule has 3 aromatic heterocycles. The SMILES string of the molecule is Cn1ccc(NC(=O)c2csc(-c3cccs3)n2)n1. The summed E-state index contributed by atoms with van der Waals surface area (Å²) in [6.45, 7) is 0. The van der Waals surface area contributed by atoms with Crippen LogP contribution in [-0.4, -0.2) is 20.7 Å². The Labute approximate surface area is 117 Å². The molecule has 3 heterocycles. The van der Waals surface area contributed by atoms with E-state index in [0.29, 0.717) is 11.5 Å². The van der Waals surface area contributed by atoms with Gasteiger partial charge in [0.05, 0.1) is 4.88 Å². The quantitative estimate of drug-likeness (QED) is 0.807. The molecule has 0 unspecified atom stereocenters. The predicted molar refractivity (Wildman–Crippen MR) is 76.6 cm³/mol. The lowest BCUT2D eigenvalue weighted by Crippen LogP contribution is -2.12. The molecule has 5 nitrogen and oxygen atoms in total. The van der Waals surface area contributed by atoms with E-state index < -0.39 is 0 Å². The summed E-state index contributed by atoms with van der Waals surface area (Å²) in [4.78, 5) is 17.4. The van der Waals surface area contributed by atoms with Gasteiger partial charge in [0, 0.05) is 24.7 Å². The monoisotopic (exact) mass is 290 g/mol. The molecule has 0 bridgehead atoms. The molecule has 0 fully saturated rings. The maximum Gasteiger partial charge on any atom is 0.276 e. The molecule has 0 saturated carbocycles. The number of nitrogens with zero attached hydrogens (tertiary/aromatic N) is 3. The average Bonchev–Trinajstić information content (AvgIpc) is 3.08. The Morgan fingerprint density at radius 1 is 1.37 bits per heavy atom. The molecule has 0 saturated heterocycles. The van der Waals surface area contributed by atoms with Gasteiger partial charge in [-0.3, -0.25) is 9.48 Å². The number of aromatic nitrogens is 3. The van der Waals surface area contributed by atoms with Crippen LogP contribution in [0.25, 0.3) is 9.88 Å². The van der Waals surface area contributed by atoms with Gasteiger partial charge in [0.1, 0.15) is 10.7 Å². The first kappa shape index (κ1) is 12.1. The average molecular weight is 290 g/mol. The highest BCUT2D eigenvalue weighted by Crippen LogP contribution is 2.27. The lowest BCUT2D eigenvalue weighted by molar-refractivity contribution is 0.102. The Bertz CT molecular complexity index is 699. The summed E-state index contributed by atoms with van der Waals surface area (Å²) in [5, 5.41) is 11.4. The van der Waals surface area contributed by atoms with Gasteiger partial charge in [-0.25, -0.2) is 4.98 Å². The minimum Gasteiger partial charge on any atom is -0.304 e. The molecule has 0 aliphatic heterocycles. The first-order valence-electron chi connectivity index (χ1n) is 5.53. The number of amides is 1. The molecular weight excluding hydrogens is 280 g/mol. The van der Waals surface area contributed by atoms with Gasteiger partial charge < -0.3 is 5.32 Å². The number of carbonyl (C=O) groups excluding carboxylic acids is 1. The van der Waals surface area contributed by atoms with Crippen LogP contribution in [0, 0.1) is 0 Å². The van der Waals surface area contributed by atoms with E-state index in [9.17, 15) is 4.79 Å². The van der Waals surface area contributed by atoms with E-state index in [1.54, 1.807) is 40.7 Å². The number of thiophene rings is 1. The van der Waals surface area contributed by atoms with E-state index in [-0.39, 0.29) is 5.91 Å². The first-order valence-corrected chi connectivity index (χ1v) is 7.29. The van der Waals surface area contributed by atoms with Crippen molar-refractivity contribution in [3.8, 4) is 9.88 Å². The molecule has 3 rings (SSSR count). The lowest BCUT2D eigenvalue weighted by Gasteiger charge is -1.97. The highest BCUT2D eigenvalue weighted by Gasteiger charge is 2.13. The van der Waals surface area contributed by atoms with Gasteiger partial charge in [-0.15, -0.1) is 22.7 Å². The summed E-state index contributed by atoms with van der Waals surface area (Å²) in [5.74, 6) is 0.288. The van der Waals surface area contributed by atoms with Gasteiger partial charge in [-0.2, -0.15) is 5.10 Å². The van der Waals surface area contributed by atoms with E-state index in [0.717, 1.165) is 9.88 Å². The number of hydrogen-bond donors (Lipinski definition) is 1. The van der Waals surface area contributed by atoms with Crippen molar-refractivity contribution in [1.29, 1.82) is 0 Å². The van der Waals surface area contributed by atoms with Crippen LogP contribution in [0.5, 0.6) is 0 Å². The van der Waals surface area contributed by atoms with Gasteiger partial charge in [0.15, 0.2) is 5.82 Å². The molecular formula is C12H10N4OS2. The molecule has 0 atom stereocenters. The molecule has 0 aliphatic rings. The largest absolute Gasteiger partial charge is 0.304 e. The summed E-state index contributed by atoms with van der Waals surface area (Å²) in [5.41, 5.74) is 0.416. The Morgan fingerprint density at radius 2 is 2.26 bits per heavy atom. The van der Waals surface area contributed by atoms with Crippen LogP contribution < -0.4 is 5.32 Å². The van der Waals surface area contributed by atoms with Crippen LogP contribution >= 0.6 is 22.7 Å². The fourth-order valence-corrected chi connectivity index (χ4v) is 3.17. The minimum absolute atomic E-state index is 0.238. The molecule has 0 aliphatic carbocycles. The molecule has 1 N–H and O–H groups in total. The Kier molecular flexibility index (Phi) is 3.14. The van der Waals surface area contributed by atoms with Gasteiger partial charge in [-0.05, 0) is 11.4 Å². The third-order valence-electron chi connectivity index (χ3n) is 2.42. The van der Waals surface area contributed by atoms with Crippen molar-refractivity contribution in [3.63, 3.8) is 0 Å². The Hall–Kier alpha value is -1.99. The van der Waals surface area contributed by atoms with Gasteiger partial charge in [0.25, 0.3) is 5.91 Å². The summed E-state index contributed by atoms with van der Waals surface area (Å²) < 4.78 is 1.63. The Morgan fingerprint density at radius 3 is 2.95 bits per heavy atom. The lowest BCUT2D eigenvalue weighted by atomic mass is 10.4.